The molecule has 0 radical (unpaired) electrons. The number of hydrogen-bond donors (Lipinski definition) is 1. The molecule has 1 aromatic carbocycles. The molecule has 0 amide bonds. The van der Waals surface area contributed by atoms with Gasteiger partial charge in [0, 0.05) is 18.6 Å². The molecular weight excluding hydrogens is 402 g/mol. The Morgan fingerprint density at radius 1 is 1.27 bits per heavy atom. The predicted molar refractivity (Wildman–Crippen MR) is 111 cm³/mol. The number of piperidine rings is 3. The van der Waals surface area contributed by atoms with Crippen LogP contribution in [0.25, 0.3) is 0 Å². The third-order valence-corrected chi connectivity index (χ3v) is 8.59. The van der Waals surface area contributed by atoms with Crippen LogP contribution in [0.2, 0.25) is 0 Å². The number of nitrogens with zero attached hydrogens (tertiary/aromatic N) is 3. The van der Waals surface area contributed by atoms with Crippen LogP contribution in [0.15, 0.2) is 41.3 Å². The Morgan fingerprint density at radius 2 is 2.03 bits per heavy atom. The van der Waals surface area contributed by atoms with Crippen molar-refractivity contribution in [2.75, 3.05) is 19.6 Å². The molecule has 0 spiro atoms. The van der Waals surface area contributed by atoms with Crippen LogP contribution in [0.1, 0.15) is 37.7 Å². The molecular formula is C22H27N3O4S. The number of carbonyl (C=O) groups is 1. The summed E-state index contributed by atoms with van der Waals surface area (Å²) in [5.74, 6) is -0.502. The molecule has 0 saturated carbocycles. The lowest BCUT2D eigenvalue weighted by Crippen LogP contribution is -2.65. The molecule has 3 saturated heterocycles. The highest BCUT2D eigenvalue weighted by Crippen LogP contribution is 2.44. The van der Waals surface area contributed by atoms with Gasteiger partial charge in [-0.2, -0.15) is 9.57 Å². The fourth-order valence-corrected chi connectivity index (χ4v) is 7.29. The number of hydrogen-bond acceptors (Lipinski definition) is 5. The number of sulfonamides is 1. The molecule has 3 aliphatic heterocycles. The maximum absolute atomic E-state index is 13.7. The minimum atomic E-state index is -3.82. The minimum absolute atomic E-state index is 0.125. The standard InChI is InChI=1S/C22H27N3O4S/c23-14-16-5-1-7-18(13-16)30(28,29)25-15-17-6-3-11-24-12-4-8-19(22(17)24)20(25)9-2-10-21(26)27/h1-2,5,7,9,13,17,19-20,22H,3-4,6,8,10-12,15H2,(H,26,27)/b9-2-/t17-,19+,20+,22-/m0/s1. The van der Waals surface area contributed by atoms with E-state index in [1.165, 1.54) is 12.1 Å². The Morgan fingerprint density at radius 3 is 2.77 bits per heavy atom. The molecule has 3 aliphatic rings. The molecule has 0 aromatic heterocycles. The molecule has 0 bridgehead atoms. The van der Waals surface area contributed by atoms with E-state index < -0.39 is 16.0 Å². The van der Waals surface area contributed by atoms with Crippen LogP contribution in [0.3, 0.4) is 0 Å². The highest BCUT2D eigenvalue weighted by Gasteiger charge is 2.50. The van der Waals surface area contributed by atoms with E-state index >= 15 is 0 Å². The SMILES string of the molecule is N#Cc1cccc(S(=O)(=O)N2C[C@@H]3CCCN4CCC[C@@H]([C@H]34)[C@H]2/C=C\CC(=O)O)c1. The van der Waals surface area contributed by atoms with Gasteiger partial charge in [0.25, 0.3) is 0 Å². The summed E-state index contributed by atoms with van der Waals surface area (Å²) in [4.78, 5) is 13.7. The van der Waals surface area contributed by atoms with Crippen molar-refractivity contribution in [3.05, 3.63) is 42.0 Å². The summed E-state index contributed by atoms with van der Waals surface area (Å²) in [7, 11) is -3.82. The second-order valence-corrected chi connectivity index (χ2v) is 10.4. The monoisotopic (exact) mass is 429 g/mol. The highest BCUT2D eigenvalue weighted by atomic mass is 32.2. The molecule has 8 heteroatoms. The zero-order valence-corrected chi connectivity index (χ0v) is 17.7. The van der Waals surface area contributed by atoms with Crippen molar-refractivity contribution in [2.45, 2.75) is 49.1 Å². The van der Waals surface area contributed by atoms with Crippen LogP contribution in [0, 0.1) is 23.2 Å². The first-order valence-electron chi connectivity index (χ1n) is 10.6. The first-order chi connectivity index (χ1) is 14.4. The first-order valence-corrected chi connectivity index (χ1v) is 12.0. The van der Waals surface area contributed by atoms with E-state index in [0.29, 0.717) is 18.2 Å². The number of aliphatic carboxylic acids is 1. The molecule has 3 heterocycles. The summed E-state index contributed by atoms with van der Waals surface area (Å²) in [6, 6.07) is 8.14. The van der Waals surface area contributed by atoms with Crippen molar-refractivity contribution in [3.8, 4) is 6.07 Å². The molecule has 160 valence electrons. The van der Waals surface area contributed by atoms with Crippen LogP contribution in [-0.4, -0.2) is 60.4 Å². The van der Waals surface area contributed by atoms with Gasteiger partial charge in [0.05, 0.1) is 22.9 Å². The van der Waals surface area contributed by atoms with Gasteiger partial charge in [-0.05, 0) is 68.8 Å². The van der Waals surface area contributed by atoms with Crippen LogP contribution < -0.4 is 0 Å². The Balaban J connectivity index is 1.74. The van der Waals surface area contributed by atoms with Crippen molar-refractivity contribution in [2.24, 2.45) is 11.8 Å². The van der Waals surface area contributed by atoms with Gasteiger partial charge < -0.3 is 5.11 Å². The number of nitriles is 1. The molecule has 7 nitrogen and oxygen atoms in total. The van der Waals surface area contributed by atoms with E-state index in [-0.39, 0.29) is 29.2 Å². The summed E-state index contributed by atoms with van der Waals surface area (Å²) in [5.41, 5.74) is 0.311. The molecule has 0 aliphatic carbocycles. The van der Waals surface area contributed by atoms with Gasteiger partial charge in [-0.15, -0.1) is 0 Å². The maximum Gasteiger partial charge on any atom is 0.307 e. The van der Waals surface area contributed by atoms with E-state index in [9.17, 15) is 18.5 Å². The molecule has 30 heavy (non-hydrogen) atoms. The van der Waals surface area contributed by atoms with Crippen LogP contribution in [-0.2, 0) is 14.8 Å². The van der Waals surface area contributed by atoms with Gasteiger partial charge in [0.1, 0.15) is 0 Å². The Kier molecular flexibility index (Phi) is 5.96. The molecule has 1 aromatic rings. The van der Waals surface area contributed by atoms with E-state index in [2.05, 4.69) is 4.90 Å². The van der Waals surface area contributed by atoms with E-state index in [1.54, 1.807) is 28.6 Å². The van der Waals surface area contributed by atoms with Gasteiger partial charge in [0.2, 0.25) is 10.0 Å². The fraction of sp³-hybridized carbons (Fsp3) is 0.545. The van der Waals surface area contributed by atoms with Gasteiger partial charge in [-0.25, -0.2) is 8.42 Å². The average molecular weight is 430 g/mol. The van der Waals surface area contributed by atoms with Gasteiger partial charge >= 0.3 is 5.97 Å². The van der Waals surface area contributed by atoms with Crippen LogP contribution >= 0.6 is 0 Å². The van der Waals surface area contributed by atoms with Gasteiger partial charge in [-0.3, -0.25) is 9.69 Å². The zero-order chi connectivity index (χ0) is 21.3. The second kappa shape index (κ2) is 8.50. The summed E-state index contributed by atoms with van der Waals surface area (Å²) in [5, 5.41) is 18.2. The third-order valence-electron chi connectivity index (χ3n) is 6.73. The van der Waals surface area contributed by atoms with Crippen molar-refractivity contribution in [1.29, 1.82) is 5.26 Å². The molecule has 4 rings (SSSR count). The van der Waals surface area contributed by atoms with Gasteiger partial charge in [0.15, 0.2) is 0 Å². The lowest BCUT2D eigenvalue weighted by molar-refractivity contribution is -0.136. The van der Waals surface area contributed by atoms with Crippen molar-refractivity contribution in [1.82, 2.24) is 9.21 Å². The first kappa shape index (κ1) is 21.0. The summed E-state index contributed by atoms with van der Waals surface area (Å²) < 4.78 is 28.9. The van der Waals surface area contributed by atoms with E-state index in [4.69, 9.17) is 5.11 Å². The molecule has 3 fully saturated rings. The second-order valence-electron chi connectivity index (χ2n) is 8.47. The summed E-state index contributed by atoms with van der Waals surface area (Å²) >= 11 is 0. The van der Waals surface area contributed by atoms with Crippen molar-refractivity contribution < 1.29 is 18.3 Å². The maximum atomic E-state index is 13.7. The predicted octanol–water partition coefficient (Wildman–Crippen LogP) is 2.45. The van der Waals surface area contributed by atoms with Crippen molar-refractivity contribution in [3.63, 3.8) is 0 Å². The number of rotatable bonds is 5. The zero-order valence-electron chi connectivity index (χ0n) is 16.9. The topological polar surface area (TPSA) is 102 Å². The Hall–Kier alpha value is -2.21. The summed E-state index contributed by atoms with van der Waals surface area (Å²) in [6.07, 6.45) is 7.29. The van der Waals surface area contributed by atoms with E-state index in [0.717, 1.165) is 38.8 Å². The van der Waals surface area contributed by atoms with Crippen LogP contribution in [0.4, 0.5) is 0 Å². The summed E-state index contributed by atoms with van der Waals surface area (Å²) in [6.45, 7) is 2.54. The highest BCUT2D eigenvalue weighted by molar-refractivity contribution is 7.89. The third kappa shape index (κ3) is 3.89. The van der Waals surface area contributed by atoms with E-state index in [1.807, 2.05) is 6.07 Å². The Bertz CT molecular complexity index is 982. The number of carboxylic acids is 1. The van der Waals surface area contributed by atoms with Crippen LogP contribution in [0.5, 0.6) is 0 Å². The minimum Gasteiger partial charge on any atom is -0.481 e. The smallest absolute Gasteiger partial charge is 0.307 e. The molecule has 1 N–H and O–H groups in total. The number of carboxylic acid groups (broad SMARTS) is 1. The normalized spacial score (nSPS) is 30.0. The largest absolute Gasteiger partial charge is 0.481 e. The lowest BCUT2D eigenvalue weighted by Gasteiger charge is -2.56. The van der Waals surface area contributed by atoms with Gasteiger partial charge in [-0.1, -0.05) is 18.2 Å². The number of benzene rings is 1. The molecule has 4 atom stereocenters. The van der Waals surface area contributed by atoms with Crippen molar-refractivity contribution >= 4 is 16.0 Å². The fourth-order valence-electron chi connectivity index (χ4n) is 5.56. The quantitative estimate of drug-likeness (QED) is 0.722. The molecule has 0 unspecified atom stereocenters. The lowest BCUT2D eigenvalue weighted by atomic mass is 9.70. The Labute approximate surface area is 177 Å². The average Bonchev–Trinajstić information content (AvgIpc) is 2.75.